The lowest BCUT2D eigenvalue weighted by molar-refractivity contribution is -0.118. The molecule has 218 valence electrons. The molecule has 4 aromatic rings. The largest absolute Gasteiger partial charge is 0.299 e. The molecule has 8 heteroatoms. The Labute approximate surface area is 260 Å². The number of halogens is 1. The summed E-state index contributed by atoms with van der Waals surface area (Å²) < 4.78 is 2.06. The average molecular weight is 609 g/mol. The molecule has 2 aromatic heterocycles. The van der Waals surface area contributed by atoms with Gasteiger partial charge in [-0.15, -0.1) is 21.5 Å². The minimum Gasteiger partial charge on any atom is -0.299 e. The monoisotopic (exact) mass is 608 g/mol. The highest BCUT2D eigenvalue weighted by Gasteiger charge is 2.41. The van der Waals surface area contributed by atoms with Crippen molar-refractivity contribution in [1.82, 2.24) is 14.8 Å². The number of aryl methyl sites for hydroxylation is 2. The Kier molecular flexibility index (Phi) is 7.65. The molecule has 0 spiro atoms. The number of allylic oxidation sites excluding steroid dienone is 2. The molecule has 0 radical (unpaired) electrons. The molecule has 3 heterocycles. The number of hydrogen-bond donors (Lipinski definition) is 0. The second-order valence-electron chi connectivity index (χ2n) is 11.7. The highest BCUT2D eigenvalue weighted by atomic mass is 35.5. The molecule has 0 bridgehead atoms. The summed E-state index contributed by atoms with van der Waals surface area (Å²) in [7, 11) is 0. The number of aliphatic imine (C=N–C) groups is 1. The summed E-state index contributed by atoms with van der Waals surface area (Å²) in [6.45, 7) is 12.0. The third-order valence-electron chi connectivity index (χ3n) is 8.58. The minimum absolute atomic E-state index is 0.0373. The molecule has 1 saturated carbocycles. The molecule has 1 fully saturated rings. The number of hydrogen-bond acceptors (Lipinski definition) is 6. The first-order valence-electron chi connectivity index (χ1n) is 14.5. The van der Waals surface area contributed by atoms with E-state index in [1.165, 1.54) is 11.0 Å². The van der Waals surface area contributed by atoms with E-state index in [-0.39, 0.29) is 29.8 Å². The fourth-order valence-electron chi connectivity index (χ4n) is 5.72. The average Bonchev–Trinajstić information content (AvgIpc) is 3.56. The Morgan fingerprint density at radius 3 is 2.56 bits per heavy atom. The number of benzene rings is 2. The van der Waals surface area contributed by atoms with Crippen LogP contribution in [-0.4, -0.2) is 32.0 Å². The normalized spacial score (nSPS) is 16.8. The maximum absolute atomic E-state index is 13.4. The van der Waals surface area contributed by atoms with Crippen LogP contribution in [0.3, 0.4) is 0 Å². The number of carbonyl (C=O) groups is 2. The maximum atomic E-state index is 13.4. The number of aromatic nitrogens is 3. The van der Waals surface area contributed by atoms with Crippen LogP contribution in [0, 0.1) is 20.8 Å². The lowest BCUT2D eigenvalue weighted by Gasteiger charge is -2.14. The van der Waals surface area contributed by atoms with Gasteiger partial charge < -0.3 is 0 Å². The van der Waals surface area contributed by atoms with Crippen molar-refractivity contribution < 1.29 is 9.59 Å². The maximum Gasteiger partial charge on any atom is 0.185 e. The smallest absolute Gasteiger partial charge is 0.185 e. The number of thiophene rings is 1. The van der Waals surface area contributed by atoms with Gasteiger partial charge in [0.05, 0.1) is 5.71 Å². The number of ketones is 2. The van der Waals surface area contributed by atoms with Crippen LogP contribution < -0.4 is 0 Å². The SMILES string of the molecule is C=CC(=O)c1cc(/C=C/CC(=O)C[C@@H]2N=C(c3ccc(Cl)cc3)c3c(sc(C)c3C)-n3c(C)nnc32)ccc1C1(C)CC1. The van der Waals surface area contributed by atoms with Gasteiger partial charge in [0, 0.05) is 39.4 Å². The first-order chi connectivity index (χ1) is 20.6. The van der Waals surface area contributed by atoms with Crippen LogP contribution in [0.2, 0.25) is 5.02 Å². The van der Waals surface area contributed by atoms with Gasteiger partial charge >= 0.3 is 0 Å². The Bertz CT molecular complexity index is 1840. The standard InChI is InChI=1S/C35H33ClN4O2S/c1-6-30(42)27-18-23(10-15-28(27)35(5)16-17-35)8-7-9-26(41)19-29-33-39-38-22(4)40(33)34-31(20(2)21(3)43-34)32(37-29)24-11-13-25(36)14-12-24/h6-8,10-15,18,29H,1,9,16-17,19H2,2-5H3/b8-7+/t29-/m0/s1. The van der Waals surface area contributed by atoms with Gasteiger partial charge in [0.15, 0.2) is 11.6 Å². The zero-order chi connectivity index (χ0) is 30.5. The van der Waals surface area contributed by atoms with Crippen molar-refractivity contribution in [3.8, 4) is 5.00 Å². The molecule has 1 aliphatic carbocycles. The van der Waals surface area contributed by atoms with E-state index >= 15 is 0 Å². The van der Waals surface area contributed by atoms with E-state index < -0.39 is 6.04 Å². The third kappa shape index (κ3) is 5.48. The Morgan fingerprint density at radius 1 is 1.12 bits per heavy atom. The quantitative estimate of drug-likeness (QED) is 0.141. The van der Waals surface area contributed by atoms with Gasteiger partial charge in [-0.25, -0.2) is 0 Å². The molecular formula is C35H33ClN4O2S. The van der Waals surface area contributed by atoms with E-state index in [1.54, 1.807) is 11.3 Å². The van der Waals surface area contributed by atoms with E-state index in [9.17, 15) is 9.59 Å². The van der Waals surface area contributed by atoms with E-state index in [0.29, 0.717) is 16.4 Å². The zero-order valence-electron chi connectivity index (χ0n) is 24.8. The fraction of sp³-hybridized carbons (Fsp3) is 0.286. The van der Waals surface area contributed by atoms with Gasteiger partial charge in [-0.2, -0.15) is 0 Å². The van der Waals surface area contributed by atoms with E-state index in [0.717, 1.165) is 57.2 Å². The number of carbonyl (C=O) groups excluding carboxylic acids is 2. The van der Waals surface area contributed by atoms with Gasteiger partial charge in [-0.1, -0.05) is 61.5 Å². The van der Waals surface area contributed by atoms with Crippen LogP contribution >= 0.6 is 22.9 Å². The van der Waals surface area contributed by atoms with E-state index in [1.807, 2.05) is 61.5 Å². The number of Topliss-reactive ketones (excluding diaryl/α,β-unsaturated/α-hetero) is 1. The predicted molar refractivity (Wildman–Crippen MR) is 174 cm³/mol. The lowest BCUT2D eigenvalue weighted by atomic mass is 9.89. The highest BCUT2D eigenvalue weighted by molar-refractivity contribution is 7.15. The number of rotatable bonds is 9. The van der Waals surface area contributed by atoms with Gasteiger partial charge in [0.25, 0.3) is 0 Å². The molecule has 0 saturated heterocycles. The molecule has 6 nitrogen and oxygen atoms in total. The van der Waals surface area contributed by atoms with Crippen LogP contribution in [0.15, 0.2) is 66.2 Å². The molecular weight excluding hydrogens is 576 g/mol. The molecule has 2 aliphatic rings. The van der Waals surface area contributed by atoms with Crippen molar-refractivity contribution in [3.63, 3.8) is 0 Å². The summed E-state index contributed by atoms with van der Waals surface area (Å²) in [5, 5.41) is 10.6. The van der Waals surface area contributed by atoms with Crippen LogP contribution in [0.5, 0.6) is 0 Å². The molecule has 1 atom stereocenters. The molecule has 0 unspecified atom stereocenters. The first-order valence-corrected chi connectivity index (χ1v) is 15.6. The lowest BCUT2D eigenvalue weighted by Crippen LogP contribution is -2.11. The zero-order valence-corrected chi connectivity index (χ0v) is 26.4. The van der Waals surface area contributed by atoms with Crippen molar-refractivity contribution in [2.45, 2.75) is 64.8 Å². The van der Waals surface area contributed by atoms with Gasteiger partial charge in [-0.05, 0) is 80.0 Å². The second kappa shape index (κ2) is 11.3. The van der Waals surface area contributed by atoms with Gasteiger partial charge in [0.2, 0.25) is 0 Å². The summed E-state index contributed by atoms with van der Waals surface area (Å²) in [6, 6.07) is 13.1. The number of fused-ring (bicyclic) bond motifs is 3. The Balaban J connectivity index is 1.29. The molecule has 6 rings (SSSR count). The Hall–Kier alpha value is -3.94. The second-order valence-corrected chi connectivity index (χ2v) is 13.3. The van der Waals surface area contributed by atoms with Crippen molar-refractivity contribution in [3.05, 3.63) is 116 Å². The van der Waals surface area contributed by atoms with E-state index in [2.05, 4.69) is 42.1 Å². The summed E-state index contributed by atoms with van der Waals surface area (Å²) in [6.07, 6.45) is 7.72. The molecule has 1 aliphatic heterocycles. The molecule has 0 N–H and O–H groups in total. The fourth-order valence-corrected chi connectivity index (χ4v) is 7.06. The third-order valence-corrected chi connectivity index (χ3v) is 10.0. The predicted octanol–water partition coefficient (Wildman–Crippen LogP) is 8.28. The highest BCUT2D eigenvalue weighted by Crippen LogP contribution is 2.49. The van der Waals surface area contributed by atoms with Crippen molar-refractivity contribution in [2.24, 2.45) is 4.99 Å². The Morgan fingerprint density at radius 2 is 1.86 bits per heavy atom. The van der Waals surface area contributed by atoms with Crippen LogP contribution in [0.25, 0.3) is 11.1 Å². The van der Waals surface area contributed by atoms with Crippen molar-refractivity contribution >= 4 is 46.3 Å². The molecule has 0 amide bonds. The van der Waals surface area contributed by atoms with E-state index in [4.69, 9.17) is 16.6 Å². The summed E-state index contributed by atoms with van der Waals surface area (Å²) in [4.78, 5) is 32.4. The number of nitrogens with zero attached hydrogens (tertiary/aromatic N) is 4. The van der Waals surface area contributed by atoms with Crippen LogP contribution in [0.1, 0.15) is 93.4 Å². The van der Waals surface area contributed by atoms with Crippen LogP contribution in [0.4, 0.5) is 0 Å². The molecule has 2 aromatic carbocycles. The summed E-state index contributed by atoms with van der Waals surface area (Å²) in [5.41, 5.74) is 6.68. The topological polar surface area (TPSA) is 77.2 Å². The summed E-state index contributed by atoms with van der Waals surface area (Å²) in [5.74, 6) is 1.39. The van der Waals surface area contributed by atoms with Crippen molar-refractivity contribution in [1.29, 1.82) is 0 Å². The van der Waals surface area contributed by atoms with Gasteiger partial charge in [0.1, 0.15) is 22.7 Å². The van der Waals surface area contributed by atoms with Gasteiger partial charge in [-0.3, -0.25) is 19.1 Å². The summed E-state index contributed by atoms with van der Waals surface area (Å²) >= 11 is 7.90. The van der Waals surface area contributed by atoms with Crippen molar-refractivity contribution in [2.75, 3.05) is 0 Å². The van der Waals surface area contributed by atoms with Crippen LogP contribution in [-0.2, 0) is 10.2 Å². The minimum atomic E-state index is -0.498. The first kappa shape index (κ1) is 29.1. The molecule has 43 heavy (non-hydrogen) atoms.